The molecular formula is C22H26N2O5S. The molecule has 2 aromatic rings. The smallest absolute Gasteiger partial charge is 0.340 e. The minimum atomic E-state index is -3.67. The van der Waals surface area contributed by atoms with Crippen molar-refractivity contribution < 1.29 is 22.7 Å². The van der Waals surface area contributed by atoms with E-state index in [1.54, 1.807) is 55.5 Å². The molecule has 2 aromatic carbocycles. The van der Waals surface area contributed by atoms with Crippen molar-refractivity contribution in [3.8, 4) is 0 Å². The van der Waals surface area contributed by atoms with E-state index < -0.39 is 21.9 Å². The number of esters is 1. The minimum absolute atomic E-state index is 0.101. The number of ether oxygens (including phenoxy) is 1. The number of rotatable bonds is 6. The first kappa shape index (κ1) is 22.0. The van der Waals surface area contributed by atoms with Crippen molar-refractivity contribution in [3.05, 3.63) is 59.7 Å². The van der Waals surface area contributed by atoms with Gasteiger partial charge in [-0.3, -0.25) is 4.79 Å². The van der Waals surface area contributed by atoms with Gasteiger partial charge in [-0.25, -0.2) is 13.2 Å². The molecule has 1 aliphatic rings. The van der Waals surface area contributed by atoms with Crippen molar-refractivity contribution >= 4 is 27.6 Å². The molecule has 30 heavy (non-hydrogen) atoms. The van der Waals surface area contributed by atoms with Crippen molar-refractivity contribution in [3.63, 3.8) is 0 Å². The van der Waals surface area contributed by atoms with Crippen molar-refractivity contribution in [2.45, 2.75) is 31.6 Å². The van der Waals surface area contributed by atoms with E-state index in [1.807, 2.05) is 6.92 Å². The quantitative estimate of drug-likeness (QED) is 0.711. The predicted molar refractivity (Wildman–Crippen MR) is 114 cm³/mol. The Morgan fingerprint density at radius 1 is 1.13 bits per heavy atom. The second kappa shape index (κ2) is 9.40. The summed E-state index contributed by atoms with van der Waals surface area (Å²) in [5.41, 5.74) is 1.61. The number of benzene rings is 2. The summed E-state index contributed by atoms with van der Waals surface area (Å²) >= 11 is 0. The zero-order chi connectivity index (χ0) is 21.7. The van der Waals surface area contributed by atoms with Crippen molar-refractivity contribution in [2.24, 2.45) is 5.92 Å². The second-order valence-electron chi connectivity index (χ2n) is 7.27. The molecule has 7 nitrogen and oxygen atoms in total. The third-order valence-corrected chi connectivity index (χ3v) is 6.97. The van der Waals surface area contributed by atoms with Gasteiger partial charge in [0.1, 0.15) is 0 Å². The zero-order valence-electron chi connectivity index (χ0n) is 17.1. The Morgan fingerprint density at radius 3 is 2.53 bits per heavy atom. The highest BCUT2D eigenvalue weighted by Crippen LogP contribution is 2.26. The molecule has 160 valence electrons. The predicted octanol–water partition coefficient (Wildman–Crippen LogP) is 3.21. The summed E-state index contributed by atoms with van der Waals surface area (Å²) in [4.78, 5) is 25.2. The van der Waals surface area contributed by atoms with Crippen LogP contribution in [0.1, 0.15) is 35.7 Å². The lowest BCUT2D eigenvalue weighted by Crippen LogP contribution is -2.43. The number of nitrogens with one attached hydrogen (secondary N) is 1. The number of amides is 1. The Bertz CT molecular complexity index is 1020. The standard InChI is InChI=1S/C22H26N2O5S/c1-3-29-22(26)19-8-4-5-9-20(19)23-21(25)17-7-6-14-24(15-17)30(27,28)18-12-10-16(2)11-13-18/h4-5,8-13,17H,3,6-7,14-15H2,1-2H3,(H,23,25)/t17-/m0/s1. The SMILES string of the molecule is CCOC(=O)c1ccccc1NC(=O)[C@H]1CCCN(S(=O)(=O)c2ccc(C)cc2)C1. The van der Waals surface area contributed by atoms with Crippen LogP contribution in [0, 0.1) is 12.8 Å². The molecule has 0 unspecified atom stereocenters. The molecule has 1 amide bonds. The summed E-state index contributed by atoms with van der Waals surface area (Å²) in [6, 6.07) is 13.3. The number of nitrogens with zero attached hydrogens (tertiary/aromatic N) is 1. The molecule has 1 saturated heterocycles. The minimum Gasteiger partial charge on any atom is -0.462 e. The maximum Gasteiger partial charge on any atom is 0.340 e. The number of sulfonamides is 1. The van der Waals surface area contributed by atoms with Gasteiger partial charge in [-0.2, -0.15) is 4.31 Å². The summed E-state index contributed by atoms with van der Waals surface area (Å²) in [6.45, 7) is 4.31. The number of anilines is 1. The molecule has 0 spiro atoms. The monoisotopic (exact) mass is 430 g/mol. The molecule has 1 atom stereocenters. The normalized spacial score (nSPS) is 17.3. The van der Waals surface area contributed by atoms with E-state index in [2.05, 4.69) is 5.32 Å². The summed E-state index contributed by atoms with van der Waals surface area (Å²) in [5.74, 6) is -1.33. The number of hydrogen-bond acceptors (Lipinski definition) is 5. The molecule has 0 radical (unpaired) electrons. The van der Waals surface area contributed by atoms with Gasteiger partial charge >= 0.3 is 5.97 Å². The molecule has 0 bridgehead atoms. The number of carbonyl (C=O) groups is 2. The summed E-state index contributed by atoms with van der Waals surface area (Å²) in [7, 11) is -3.67. The Hall–Kier alpha value is -2.71. The highest BCUT2D eigenvalue weighted by Gasteiger charge is 2.33. The first-order chi connectivity index (χ1) is 14.3. The van der Waals surface area contributed by atoms with Gasteiger partial charge in [-0.1, -0.05) is 29.8 Å². The molecule has 0 aromatic heterocycles. The lowest BCUT2D eigenvalue weighted by molar-refractivity contribution is -0.120. The van der Waals surface area contributed by atoms with Crippen LogP contribution in [0.2, 0.25) is 0 Å². The van der Waals surface area contributed by atoms with Crippen molar-refractivity contribution in [2.75, 3.05) is 25.0 Å². The lowest BCUT2D eigenvalue weighted by atomic mass is 9.98. The maximum absolute atomic E-state index is 13.0. The molecule has 0 aliphatic carbocycles. The molecule has 1 fully saturated rings. The first-order valence-corrected chi connectivity index (χ1v) is 11.4. The average Bonchev–Trinajstić information content (AvgIpc) is 2.74. The zero-order valence-corrected chi connectivity index (χ0v) is 17.9. The fourth-order valence-corrected chi connectivity index (χ4v) is 4.97. The molecule has 1 N–H and O–H groups in total. The van der Waals surface area contributed by atoms with Crippen LogP contribution in [0.5, 0.6) is 0 Å². The van der Waals surface area contributed by atoms with Gasteiger partial charge in [0.2, 0.25) is 15.9 Å². The van der Waals surface area contributed by atoms with Gasteiger partial charge in [-0.15, -0.1) is 0 Å². The molecular weight excluding hydrogens is 404 g/mol. The Morgan fingerprint density at radius 2 is 1.83 bits per heavy atom. The van der Waals surface area contributed by atoms with E-state index in [-0.39, 0.29) is 29.5 Å². The van der Waals surface area contributed by atoms with E-state index in [0.717, 1.165) is 5.56 Å². The van der Waals surface area contributed by atoms with Crippen LogP contribution in [-0.4, -0.2) is 44.3 Å². The number of piperidine rings is 1. The molecule has 1 heterocycles. The Balaban J connectivity index is 1.74. The number of para-hydroxylation sites is 1. The van der Waals surface area contributed by atoms with E-state index in [9.17, 15) is 18.0 Å². The third-order valence-electron chi connectivity index (χ3n) is 5.09. The highest BCUT2D eigenvalue weighted by atomic mass is 32.2. The number of aryl methyl sites for hydroxylation is 1. The van der Waals surface area contributed by atoms with Gasteiger partial charge in [0.05, 0.1) is 28.7 Å². The fraction of sp³-hybridized carbons (Fsp3) is 0.364. The van der Waals surface area contributed by atoms with E-state index in [0.29, 0.717) is 25.1 Å². The Kier molecular flexibility index (Phi) is 6.89. The summed E-state index contributed by atoms with van der Waals surface area (Å²) in [6.07, 6.45) is 1.16. The fourth-order valence-electron chi connectivity index (χ4n) is 3.45. The molecule has 0 saturated carbocycles. The van der Waals surface area contributed by atoms with Crippen LogP contribution in [0.4, 0.5) is 5.69 Å². The van der Waals surface area contributed by atoms with Gasteiger partial charge in [0.15, 0.2) is 0 Å². The molecule has 3 rings (SSSR count). The van der Waals surface area contributed by atoms with E-state index >= 15 is 0 Å². The highest BCUT2D eigenvalue weighted by molar-refractivity contribution is 7.89. The third kappa shape index (κ3) is 4.88. The number of hydrogen-bond donors (Lipinski definition) is 1. The van der Waals surface area contributed by atoms with Gasteiger partial charge in [0, 0.05) is 13.1 Å². The molecule has 8 heteroatoms. The van der Waals surface area contributed by atoms with Crippen LogP contribution in [0.3, 0.4) is 0 Å². The van der Waals surface area contributed by atoms with Crippen molar-refractivity contribution in [1.82, 2.24) is 4.31 Å². The first-order valence-electron chi connectivity index (χ1n) is 9.96. The average molecular weight is 431 g/mol. The van der Waals surface area contributed by atoms with Crippen LogP contribution < -0.4 is 5.32 Å². The van der Waals surface area contributed by atoms with E-state index in [1.165, 1.54) is 4.31 Å². The Labute approximate surface area is 177 Å². The molecule has 1 aliphatic heterocycles. The summed E-state index contributed by atoms with van der Waals surface area (Å²) < 4.78 is 32.3. The van der Waals surface area contributed by atoms with Gasteiger partial charge < -0.3 is 10.1 Å². The topological polar surface area (TPSA) is 92.8 Å². The second-order valence-corrected chi connectivity index (χ2v) is 9.21. The largest absolute Gasteiger partial charge is 0.462 e. The van der Waals surface area contributed by atoms with Crippen LogP contribution in [-0.2, 0) is 19.6 Å². The van der Waals surface area contributed by atoms with Crippen LogP contribution >= 0.6 is 0 Å². The number of carbonyl (C=O) groups excluding carboxylic acids is 2. The van der Waals surface area contributed by atoms with E-state index in [4.69, 9.17) is 4.74 Å². The summed E-state index contributed by atoms with van der Waals surface area (Å²) in [5, 5.41) is 2.78. The van der Waals surface area contributed by atoms with Crippen LogP contribution in [0.15, 0.2) is 53.4 Å². The van der Waals surface area contributed by atoms with Gasteiger partial charge in [0.25, 0.3) is 0 Å². The maximum atomic E-state index is 13.0. The van der Waals surface area contributed by atoms with Crippen molar-refractivity contribution in [1.29, 1.82) is 0 Å². The van der Waals surface area contributed by atoms with Crippen LogP contribution in [0.25, 0.3) is 0 Å². The van der Waals surface area contributed by atoms with Gasteiger partial charge in [-0.05, 0) is 51.0 Å². The lowest BCUT2D eigenvalue weighted by Gasteiger charge is -2.31.